The second kappa shape index (κ2) is 8.09. The SMILES string of the molecule is C[C@H](C#N)CNC(=O)CCCOc1cccc(F)c1. The Morgan fingerprint density at radius 2 is 2.37 bits per heavy atom. The minimum Gasteiger partial charge on any atom is -0.493 e. The highest BCUT2D eigenvalue weighted by molar-refractivity contribution is 5.75. The maximum atomic E-state index is 12.8. The lowest BCUT2D eigenvalue weighted by Crippen LogP contribution is -2.27. The fourth-order valence-corrected chi connectivity index (χ4v) is 1.38. The third-order valence-electron chi connectivity index (χ3n) is 2.44. The van der Waals surface area contributed by atoms with Crippen molar-refractivity contribution in [1.82, 2.24) is 5.32 Å². The average Bonchev–Trinajstić information content (AvgIpc) is 2.41. The highest BCUT2D eigenvalue weighted by atomic mass is 19.1. The first-order valence-corrected chi connectivity index (χ1v) is 6.16. The molecular formula is C14H17FN2O2. The van der Waals surface area contributed by atoms with Crippen molar-refractivity contribution in [3.05, 3.63) is 30.1 Å². The van der Waals surface area contributed by atoms with E-state index >= 15 is 0 Å². The van der Waals surface area contributed by atoms with Crippen LogP contribution < -0.4 is 10.1 Å². The van der Waals surface area contributed by atoms with Crippen LogP contribution in [0.4, 0.5) is 4.39 Å². The molecule has 0 spiro atoms. The minimum atomic E-state index is -0.347. The lowest BCUT2D eigenvalue weighted by molar-refractivity contribution is -0.121. The number of nitriles is 1. The molecule has 0 saturated carbocycles. The molecule has 1 aromatic rings. The highest BCUT2D eigenvalue weighted by Crippen LogP contribution is 2.12. The molecule has 1 amide bonds. The number of halogens is 1. The van der Waals surface area contributed by atoms with Crippen molar-refractivity contribution in [2.24, 2.45) is 5.92 Å². The average molecular weight is 264 g/mol. The van der Waals surface area contributed by atoms with E-state index in [-0.39, 0.29) is 17.6 Å². The predicted molar refractivity (Wildman–Crippen MR) is 68.9 cm³/mol. The fourth-order valence-electron chi connectivity index (χ4n) is 1.38. The predicted octanol–water partition coefficient (Wildman–Crippen LogP) is 2.26. The summed E-state index contributed by atoms with van der Waals surface area (Å²) in [6, 6.07) is 7.92. The molecule has 1 N–H and O–H groups in total. The number of nitrogens with zero attached hydrogens (tertiary/aromatic N) is 1. The topological polar surface area (TPSA) is 62.1 Å². The minimum absolute atomic E-state index is 0.107. The highest BCUT2D eigenvalue weighted by Gasteiger charge is 2.04. The molecule has 0 bridgehead atoms. The Labute approximate surface area is 112 Å². The maximum absolute atomic E-state index is 12.8. The van der Waals surface area contributed by atoms with Gasteiger partial charge in [0.25, 0.3) is 0 Å². The van der Waals surface area contributed by atoms with Crippen molar-refractivity contribution in [2.75, 3.05) is 13.2 Å². The van der Waals surface area contributed by atoms with E-state index in [1.165, 1.54) is 12.1 Å². The molecule has 0 aromatic heterocycles. The molecule has 0 unspecified atom stereocenters. The first-order chi connectivity index (χ1) is 9.11. The normalized spacial score (nSPS) is 11.4. The van der Waals surface area contributed by atoms with Gasteiger partial charge in [0.15, 0.2) is 0 Å². The van der Waals surface area contributed by atoms with Crippen molar-refractivity contribution in [2.45, 2.75) is 19.8 Å². The van der Waals surface area contributed by atoms with Crippen LogP contribution in [-0.4, -0.2) is 19.1 Å². The first-order valence-electron chi connectivity index (χ1n) is 6.16. The van der Waals surface area contributed by atoms with Gasteiger partial charge in [0, 0.05) is 19.0 Å². The summed E-state index contributed by atoms with van der Waals surface area (Å²) in [4.78, 5) is 11.4. The third kappa shape index (κ3) is 6.41. The van der Waals surface area contributed by atoms with Gasteiger partial charge >= 0.3 is 0 Å². The number of carbonyl (C=O) groups excluding carboxylic acids is 1. The molecule has 4 nitrogen and oxygen atoms in total. The number of hydrogen-bond acceptors (Lipinski definition) is 3. The molecule has 19 heavy (non-hydrogen) atoms. The first kappa shape index (κ1) is 15.0. The van der Waals surface area contributed by atoms with Crippen LogP contribution in [-0.2, 0) is 4.79 Å². The van der Waals surface area contributed by atoms with E-state index in [4.69, 9.17) is 10.00 Å². The van der Waals surface area contributed by atoms with Crippen LogP contribution in [0.5, 0.6) is 5.75 Å². The summed E-state index contributed by atoms with van der Waals surface area (Å²) in [5.74, 6) is -0.184. The molecule has 0 aliphatic carbocycles. The molecule has 102 valence electrons. The standard InChI is InChI=1S/C14H17FN2O2/c1-11(9-16)10-17-14(18)6-3-7-19-13-5-2-4-12(15)8-13/h2,4-5,8,11H,3,6-7,10H2,1H3,(H,17,18)/t11-/m1/s1. The molecule has 0 heterocycles. The van der Waals surface area contributed by atoms with Crippen LogP contribution >= 0.6 is 0 Å². The quantitative estimate of drug-likeness (QED) is 0.768. The zero-order valence-electron chi connectivity index (χ0n) is 10.9. The van der Waals surface area contributed by atoms with E-state index in [2.05, 4.69) is 5.32 Å². The van der Waals surface area contributed by atoms with E-state index < -0.39 is 0 Å². The van der Waals surface area contributed by atoms with Gasteiger partial charge in [0.05, 0.1) is 18.6 Å². The van der Waals surface area contributed by atoms with Crippen LogP contribution in [0.25, 0.3) is 0 Å². The van der Waals surface area contributed by atoms with Gasteiger partial charge < -0.3 is 10.1 Å². The Bertz CT molecular complexity index is 457. The van der Waals surface area contributed by atoms with E-state index in [1.807, 2.05) is 6.07 Å². The van der Waals surface area contributed by atoms with Crippen LogP contribution in [0.15, 0.2) is 24.3 Å². The van der Waals surface area contributed by atoms with Gasteiger partial charge in [-0.25, -0.2) is 4.39 Å². The summed E-state index contributed by atoms with van der Waals surface area (Å²) in [7, 11) is 0. The zero-order valence-corrected chi connectivity index (χ0v) is 10.9. The van der Waals surface area contributed by atoms with E-state index in [9.17, 15) is 9.18 Å². The number of carbonyl (C=O) groups is 1. The van der Waals surface area contributed by atoms with Gasteiger partial charge in [-0.2, -0.15) is 5.26 Å². The monoisotopic (exact) mass is 264 g/mol. The Morgan fingerprint density at radius 3 is 3.05 bits per heavy atom. The summed E-state index contributed by atoms with van der Waals surface area (Å²) >= 11 is 0. The van der Waals surface area contributed by atoms with Crippen molar-refractivity contribution in [3.63, 3.8) is 0 Å². The van der Waals surface area contributed by atoms with E-state index in [1.54, 1.807) is 19.1 Å². The van der Waals surface area contributed by atoms with Gasteiger partial charge in [-0.3, -0.25) is 4.79 Å². The molecule has 1 atom stereocenters. The smallest absolute Gasteiger partial charge is 0.220 e. The molecular weight excluding hydrogens is 247 g/mol. The van der Waals surface area contributed by atoms with Crippen LogP contribution in [0.3, 0.4) is 0 Å². The second-order valence-electron chi connectivity index (χ2n) is 4.24. The number of amides is 1. The largest absolute Gasteiger partial charge is 0.493 e. The molecule has 1 aromatic carbocycles. The lowest BCUT2D eigenvalue weighted by Gasteiger charge is -2.07. The van der Waals surface area contributed by atoms with Gasteiger partial charge in [-0.15, -0.1) is 0 Å². The Balaban J connectivity index is 2.14. The van der Waals surface area contributed by atoms with Crippen LogP contribution in [0.2, 0.25) is 0 Å². The number of benzene rings is 1. The number of rotatable bonds is 7. The Morgan fingerprint density at radius 1 is 1.58 bits per heavy atom. The van der Waals surface area contributed by atoms with Gasteiger partial charge in [-0.1, -0.05) is 6.07 Å². The Kier molecular flexibility index (Phi) is 6.37. The van der Waals surface area contributed by atoms with E-state index in [0.717, 1.165) is 0 Å². The molecule has 0 fully saturated rings. The zero-order chi connectivity index (χ0) is 14.1. The van der Waals surface area contributed by atoms with Crippen LogP contribution in [0.1, 0.15) is 19.8 Å². The molecule has 0 aliphatic heterocycles. The van der Waals surface area contributed by atoms with E-state index in [0.29, 0.717) is 31.7 Å². The summed E-state index contributed by atoms with van der Waals surface area (Å²) < 4.78 is 18.2. The number of nitrogens with one attached hydrogen (secondary N) is 1. The third-order valence-corrected chi connectivity index (χ3v) is 2.44. The van der Waals surface area contributed by atoms with Crippen LogP contribution in [0, 0.1) is 23.1 Å². The molecule has 5 heteroatoms. The number of hydrogen-bond donors (Lipinski definition) is 1. The molecule has 0 aliphatic rings. The summed E-state index contributed by atoms with van der Waals surface area (Å²) in [6.45, 7) is 2.46. The summed E-state index contributed by atoms with van der Waals surface area (Å²) in [5.41, 5.74) is 0. The molecule has 1 rings (SSSR count). The Hall–Kier alpha value is -2.09. The van der Waals surface area contributed by atoms with Crippen molar-refractivity contribution < 1.29 is 13.9 Å². The van der Waals surface area contributed by atoms with Gasteiger partial charge in [0.1, 0.15) is 11.6 Å². The van der Waals surface area contributed by atoms with Crippen molar-refractivity contribution in [3.8, 4) is 11.8 Å². The van der Waals surface area contributed by atoms with Crippen molar-refractivity contribution in [1.29, 1.82) is 5.26 Å². The van der Waals surface area contributed by atoms with Crippen molar-refractivity contribution >= 4 is 5.91 Å². The lowest BCUT2D eigenvalue weighted by atomic mass is 10.2. The number of ether oxygens (including phenoxy) is 1. The van der Waals surface area contributed by atoms with Gasteiger partial charge in [-0.05, 0) is 25.5 Å². The summed E-state index contributed by atoms with van der Waals surface area (Å²) in [6.07, 6.45) is 0.872. The summed E-state index contributed by atoms with van der Waals surface area (Å²) in [5, 5.41) is 11.2. The maximum Gasteiger partial charge on any atom is 0.220 e. The van der Waals surface area contributed by atoms with Gasteiger partial charge in [0.2, 0.25) is 5.91 Å². The fraction of sp³-hybridized carbons (Fsp3) is 0.429. The second-order valence-corrected chi connectivity index (χ2v) is 4.24. The molecule has 0 radical (unpaired) electrons. The molecule has 0 saturated heterocycles.